The van der Waals surface area contributed by atoms with Gasteiger partial charge in [0.05, 0.1) is 12.7 Å². The van der Waals surface area contributed by atoms with Crippen LogP contribution in [0.5, 0.6) is 0 Å². The van der Waals surface area contributed by atoms with Crippen LogP contribution < -0.4 is 0 Å². The molecule has 5 nitrogen and oxygen atoms in total. The molecule has 26 heavy (non-hydrogen) atoms. The van der Waals surface area contributed by atoms with Gasteiger partial charge < -0.3 is 4.90 Å². The van der Waals surface area contributed by atoms with Crippen molar-refractivity contribution in [1.29, 1.82) is 0 Å². The molecule has 140 valence electrons. The molecular weight excluding hydrogens is 331 g/mol. The van der Waals surface area contributed by atoms with Gasteiger partial charge in [0.1, 0.15) is 5.82 Å². The van der Waals surface area contributed by atoms with E-state index in [0.29, 0.717) is 25.6 Å². The number of carbonyl (C=O) groups is 1. The van der Waals surface area contributed by atoms with Crippen LogP contribution in [0.3, 0.4) is 0 Å². The quantitative estimate of drug-likeness (QED) is 0.863. The second kappa shape index (κ2) is 8.45. The van der Waals surface area contributed by atoms with Gasteiger partial charge in [-0.1, -0.05) is 12.1 Å². The zero-order valence-electron chi connectivity index (χ0n) is 15.5. The molecule has 0 bridgehead atoms. The zero-order valence-corrected chi connectivity index (χ0v) is 15.5. The molecule has 2 aromatic rings. The van der Waals surface area contributed by atoms with Gasteiger partial charge in [-0.25, -0.2) is 4.39 Å². The van der Waals surface area contributed by atoms with Crippen molar-refractivity contribution in [2.75, 3.05) is 26.2 Å². The van der Waals surface area contributed by atoms with E-state index in [1.54, 1.807) is 11.0 Å². The van der Waals surface area contributed by atoms with Crippen molar-refractivity contribution < 1.29 is 9.18 Å². The summed E-state index contributed by atoms with van der Waals surface area (Å²) in [6.07, 6.45) is 4.02. The lowest BCUT2D eigenvalue weighted by Crippen LogP contribution is -2.43. The summed E-state index contributed by atoms with van der Waals surface area (Å²) in [6, 6.07) is 6.46. The van der Waals surface area contributed by atoms with Crippen LogP contribution in [-0.4, -0.2) is 52.1 Å². The third-order valence-corrected chi connectivity index (χ3v) is 5.25. The van der Waals surface area contributed by atoms with E-state index in [9.17, 15) is 9.18 Å². The van der Waals surface area contributed by atoms with Crippen molar-refractivity contribution in [3.05, 3.63) is 53.1 Å². The third-order valence-electron chi connectivity index (χ3n) is 5.25. The monoisotopic (exact) mass is 358 g/mol. The highest BCUT2D eigenvalue weighted by Gasteiger charge is 2.25. The van der Waals surface area contributed by atoms with Gasteiger partial charge in [0.2, 0.25) is 5.91 Å². The van der Waals surface area contributed by atoms with E-state index in [4.69, 9.17) is 0 Å². The number of amides is 1. The van der Waals surface area contributed by atoms with Gasteiger partial charge in [0, 0.05) is 18.8 Å². The second-order valence-corrected chi connectivity index (χ2v) is 7.04. The van der Waals surface area contributed by atoms with Gasteiger partial charge in [0.25, 0.3) is 0 Å². The van der Waals surface area contributed by atoms with Crippen LogP contribution in [0, 0.1) is 12.7 Å². The molecule has 1 fully saturated rings. The van der Waals surface area contributed by atoms with Crippen LogP contribution in [0.15, 0.2) is 30.5 Å². The second-order valence-electron chi connectivity index (χ2n) is 7.04. The van der Waals surface area contributed by atoms with Crippen molar-refractivity contribution in [3.63, 3.8) is 0 Å². The Labute approximate surface area is 154 Å². The first kappa shape index (κ1) is 18.6. The SMILES string of the molecule is CCN(Cc1cccc(F)c1)C(=O)CN1CCC(c2cn[nH]c2C)CC1. The number of hydrogen-bond acceptors (Lipinski definition) is 3. The number of carbonyl (C=O) groups excluding carboxylic acids is 1. The highest BCUT2D eigenvalue weighted by atomic mass is 19.1. The molecule has 1 saturated heterocycles. The molecule has 2 heterocycles. The number of nitrogens with one attached hydrogen (secondary N) is 1. The summed E-state index contributed by atoms with van der Waals surface area (Å²) in [5.74, 6) is 0.368. The van der Waals surface area contributed by atoms with Gasteiger partial charge in [0.15, 0.2) is 0 Å². The first-order valence-electron chi connectivity index (χ1n) is 9.31. The van der Waals surface area contributed by atoms with E-state index in [1.807, 2.05) is 19.2 Å². The lowest BCUT2D eigenvalue weighted by Gasteiger charge is -2.33. The van der Waals surface area contributed by atoms with Crippen molar-refractivity contribution in [2.24, 2.45) is 0 Å². The number of likely N-dealkylation sites (N-methyl/N-ethyl adjacent to an activating group) is 1. The van der Waals surface area contributed by atoms with Crippen molar-refractivity contribution in [2.45, 2.75) is 39.2 Å². The first-order chi connectivity index (χ1) is 12.6. The molecule has 1 aromatic heterocycles. The number of aromatic nitrogens is 2. The van der Waals surface area contributed by atoms with Gasteiger partial charge in [-0.15, -0.1) is 0 Å². The number of aryl methyl sites for hydroxylation is 1. The van der Waals surface area contributed by atoms with Crippen LogP contribution in [0.1, 0.15) is 42.5 Å². The summed E-state index contributed by atoms with van der Waals surface area (Å²) in [5.41, 5.74) is 3.28. The zero-order chi connectivity index (χ0) is 18.5. The van der Waals surface area contributed by atoms with Gasteiger partial charge in [-0.2, -0.15) is 5.10 Å². The Balaban J connectivity index is 1.52. The maximum atomic E-state index is 13.4. The molecule has 1 aromatic carbocycles. The number of rotatable bonds is 6. The number of halogens is 1. The Bertz CT molecular complexity index is 737. The number of hydrogen-bond donors (Lipinski definition) is 1. The van der Waals surface area contributed by atoms with E-state index in [1.165, 1.54) is 17.7 Å². The molecule has 0 atom stereocenters. The summed E-state index contributed by atoms with van der Waals surface area (Å²) in [5, 5.41) is 7.13. The number of aromatic amines is 1. The molecule has 0 saturated carbocycles. The standard InChI is InChI=1S/C20H27FN4O/c1-3-25(13-16-5-4-6-18(21)11-16)20(26)14-24-9-7-17(8-10-24)19-12-22-23-15(19)2/h4-6,11-12,17H,3,7-10,13-14H2,1-2H3,(H,22,23). The lowest BCUT2D eigenvalue weighted by molar-refractivity contribution is -0.133. The van der Waals surface area contributed by atoms with E-state index >= 15 is 0 Å². The smallest absolute Gasteiger partial charge is 0.237 e. The van der Waals surface area contributed by atoms with Crippen molar-refractivity contribution in [1.82, 2.24) is 20.0 Å². The number of nitrogens with zero attached hydrogens (tertiary/aromatic N) is 3. The molecule has 3 rings (SSSR count). The van der Waals surface area contributed by atoms with Gasteiger partial charge in [-0.05, 0) is 69.0 Å². The Hall–Kier alpha value is -2.21. The van der Waals surface area contributed by atoms with Crippen molar-refractivity contribution >= 4 is 5.91 Å². The topological polar surface area (TPSA) is 52.2 Å². The first-order valence-corrected chi connectivity index (χ1v) is 9.31. The molecule has 0 aliphatic carbocycles. The highest BCUT2D eigenvalue weighted by Crippen LogP contribution is 2.29. The number of H-pyrrole nitrogens is 1. The van der Waals surface area contributed by atoms with E-state index < -0.39 is 0 Å². The van der Waals surface area contributed by atoms with E-state index in [0.717, 1.165) is 37.2 Å². The maximum absolute atomic E-state index is 13.4. The van der Waals surface area contributed by atoms with E-state index in [2.05, 4.69) is 22.0 Å². The summed E-state index contributed by atoms with van der Waals surface area (Å²) in [7, 11) is 0. The largest absolute Gasteiger partial charge is 0.338 e. The van der Waals surface area contributed by atoms with Crippen molar-refractivity contribution in [3.8, 4) is 0 Å². The minimum Gasteiger partial charge on any atom is -0.338 e. The summed E-state index contributed by atoms with van der Waals surface area (Å²) in [6.45, 7) is 7.37. The Morgan fingerprint density at radius 2 is 2.15 bits per heavy atom. The molecular formula is C20H27FN4O. The van der Waals surface area contributed by atoms with Crippen LogP contribution in [0.4, 0.5) is 4.39 Å². The lowest BCUT2D eigenvalue weighted by atomic mass is 9.90. The van der Waals surface area contributed by atoms with Crippen LogP contribution in [0.2, 0.25) is 0 Å². The fourth-order valence-corrected chi connectivity index (χ4v) is 3.70. The molecule has 0 radical (unpaired) electrons. The minimum atomic E-state index is -0.261. The fourth-order valence-electron chi connectivity index (χ4n) is 3.70. The molecule has 1 amide bonds. The van der Waals surface area contributed by atoms with Gasteiger partial charge in [-0.3, -0.25) is 14.8 Å². The maximum Gasteiger partial charge on any atom is 0.237 e. The predicted molar refractivity (Wildman–Crippen MR) is 99.2 cm³/mol. The minimum absolute atomic E-state index is 0.106. The third kappa shape index (κ3) is 4.49. The summed E-state index contributed by atoms with van der Waals surface area (Å²) < 4.78 is 13.4. The summed E-state index contributed by atoms with van der Waals surface area (Å²) in [4.78, 5) is 16.7. The highest BCUT2D eigenvalue weighted by molar-refractivity contribution is 5.78. The molecule has 1 aliphatic rings. The fraction of sp³-hybridized carbons (Fsp3) is 0.500. The van der Waals surface area contributed by atoms with Crippen LogP contribution in [0.25, 0.3) is 0 Å². The van der Waals surface area contributed by atoms with Crippen LogP contribution in [-0.2, 0) is 11.3 Å². The van der Waals surface area contributed by atoms with Gasteiger partial charge >= 0.3 is 0 Å². The number of likely N-dealkylation sites (tertiary alicyclic amines) is 1. The number of piperidine rings is 1. The molecule has 1 N–H and O–H groups in total. The average molecular weight is 358 g/mol. The number of benzene rings is 1. The average Bonchev–Trinajstić information content (AvgIpc) is 3.06. The Morgan fingerprint density at radius 3 is 2.77 bits per heavy atom. The molecule has 0 unspecified atom stereocenters. The Kier molecular flexibility index (Phi) is 6.04. The van der Waals surface area contributed by atoms with Crippen LogP contribution >= 0.6 is 0 Å². The molecule has 0 spiro atoms. The van der Waals surface area contributed by atoms with E-state index in [-0.39, 0.29) is 11.7 Å². The molecule has 1 aliphatic heterocycles. The summed E-state index contributed by atoms with van der Waals surface area (Å²) >= 11 is 0. The Morgan fingerprint density at radius 1 is 1.38 bits per heavy atom. The molecule has 6 heteroatoms. The predicted octanol–water partition coefficient (Wildman–Crippen LogP) is 3.09. The normalized spacial score (nSPS) is 16.0.